The second kappa shape index (κ2) is 12.4. The normalized spacial score (nSPS) is 13.0. The molecule has 0 radical (unpaired) electrons. The van der Waals surface area contributed by atoms with Crippen molar-refractivity contribution in [2.24, 2.45) is 0 Å². The van der Waals surface area contributed by atoms with Crippen molar-refractivity contribution < 1.29 is 23.8 Å². The van der Waals surface area contributed by atoms with Gasteiger partial charge in [0.15, 0.2) is 0 Å². The van der Waals surface area contributed by atoms with E-state index < -0.39 is 0 Å². The standard InChI is InChI=1S/C27H37N3O5/c1-6-25(31)30-11-12-35-26-21(18-30)13-19(20-14-22(33-4)17-23(15-20)34-5)16-24(26)27(32)28-9-10-29(7-2)8-3/h13-17H,6-12,18H2,1-5H3,(H,28,32). The molecule has 3 rings (SSSR count). The second-order valence-electron chi connectivity index (χ2n) is 8.41. The van der Waals surface area contributed by atoms with Crippen LogP contribution in [0, 0.1) is 0 Å². The summed E-state index contributed by atoms with van der Waals surface area (Å²) in [6.45, 7) is 10.4. The molecular formula is C27H37N3O5. The van der Waals surface area contributed by atoms with Gasteiger partial charge in [-0.25, -0.2) is 0 Å². The molecule has 8 nitrogen and oxygen atoms in total. The van der Waals surface area contributed by atoms with E-state index in [1.54, 1.807) is 25.2 Å². The number of nitrogens with one attached hydrogen (secondary N) is 1. The largest absolute Gasteiger partial charge is 0.497 e. The quantitative estimate of drug-likeness (QED) is 0.557. The van der Waals surface area contributed by atoms with Crippen molar-refractivity contribution in [1.82, 2.24) is 15.1 Å². The van der Waals surface area contributed by atoms with Gasteiger partial charge in [0.2, 0.25) is 5.91 Å². The smallest absolute Gasteiger partial charge is 0.255 e. The number of benzene rings is 2. The van der Waals surface area contributed by atoms with Gasteiger partial charge in [-0.3, -0.25) is 9.59 Å². The van der Waals surface area contributed by atoms with Crippen LogP contribution in [0.2, 0.25) is 0 Å². The van der Waals surface area contributed by atoms with Crippen LogP contribution in [0.1, 0.15) is 43.1 Å². The van der Waals surface area contributed by atoms with Crippen molar-refractivity contribution in [3.8, 4) is 28.4 Å². The van der Waals surface area contributed by atoms with Crippen LogP contribution < -0.4 is 19.5 Å². The zero-order valence-corrected chi connectivity index (χ0v) is 21.5. The summed E-state index contributed by atoms with van der Waals surface area (Å²) in [5.41, 5.74) is 2.94. The molecule has 0 bridgehead atoms. The number of carbonyl (C=O) groups is 2. The van der Waals surface area contributed by atoms with Crippen LogP contribution in [0.5, 0.6) is 17.2 Å². The van der Waals surface area contributed by atoms with E-state index in [1.165, 1.54) is 0 Å². The SMILES string of the molecule is CCC(=O)N1CCOc2c(cc(-c3cc(OC)cc(OC)c3)cc2C(=O)NCCN(CC)CC)C1. The first-order chi connectivity index (χ1) is 16.9. The topological polar surface area (TPSA) is 80.3 Å². The molecule has 0 unspecified atom stereocenters. The van der Waals surface area contributed by atoms with Gasteiger partial charge in [-0.05, 0) is 48.5 Å². The van der Waals surface area contributed by atoms with Crippen molar-refractivity contribution in [2.45, 2.75) is 33.7 Å². The number of hydrogen-bond donors (Lipinski definition) is 1. The van der Waals surface area contributed by atoms with Gasteiger partial charge in [-0.1, -0.05) is 20.8 Å². The fraction of sp³-hybridized carbons (Fsp3) is 0.481. The minimum atomic E-state index is -0.194. The lowest BCUT2D eigenvalue weighted by molar-refractivity contribution is -0.131. The van der Waals surface area contributed by atoms with E-state index >= 15 is 0 Å². The van der Waals surface area contributed by atoms with Crippen molar-refractivity contribution in [3.05, 3.63) is 41.5 Å². The summed E-state index contributed by atoms with van der Waals surface area (Å²) in [5, 5.41) is 3.05. The lowest BCUT2D eigenvalue weighted by Gasteiger charge is -2.20. The molecule has 0 atom stereocenters. The number of likely N-dealkylation sites (N-methyl/N-ethyl adjacent to an activating group) is 1. The Morgan fingerprint density at radius 2 is 1.66 bits per heavy atom. The van der Waals surface area contributed by atoms with Gasteiger partial charge in [-0.2, -0.15) is 0 Å². The first-order valence-corrected chi connectivity index (χ1v) is 12.2. The van der Waals surface area contributed by atoms with E-state index in [1.807, 2.05) is 31.2 Å². The van der Waals surface area contributed by atoms with E-state index in [9.17, 15) is 9.59 Å². The molecule has 0 aliphatic carbocycles. The third-order valence-corrected chi connectivity index (χ3v) is 6.33. The molecule has 2 amide bonds. The molecule has 0 fully saturated rings. The summed E-state index contributed by atoms with van der Waals surface area (Å²) in [5.74, 6) is 1.70. The van der Waals surface area contributed by atoms with Crippen LogP contribution in [0.15, 0.2) is 30.3 Å². The number of nitrogens with zero attached hydrogens (tertiary/aromatic N) is 2. The van der Waals surface area contributed by atoms with Crippen molar-refractivity contribution in [1.29, 1.82) is 0 Å². The fourth-order valence-corrected chi connectivity index (χ4v) is 4.23. The molecule has 0 aromatic heterocycles. The summed E-state index contributed by atoms with van der Waals surface area (Å²) < 4.78 is 17.0. The summed E-state index contributed by atoms with van der Waals surface area (Å²) in [4.78, 5) is 29.9. The van der Waals surface area contributed by atoms with Crippen molar-refractivity contribution in [2.75, 3.05) is 53.6 Å². The minimum Gasteiger partial charge on any atom is -0.497 e. The number of ether oxygens (including phenoxy) is 3. The molecular weight excluding hydrogens is 446 g/mol. The first-order valence-electron chi connectivity index (χ1n) is 12.2. The Kier molecular flexibility index (Phi) is 9.37. The van der Waals surface area contributed by atoms with E-state index in [0.29, 0.717) is 55.5 Å². The maximum atomic E-state index is 13.3. The highest BCUT2D eigenvalue weighted by Crippen LogP contribution is 2.36. The highest BCUT2D eigenvalue weighted by Gasteiger charge is 2.25. The first kappa shape index (κ1) is 26.3. The molecule has 190 valence electrons. The summed E-state index contributed by atoms with van der Waals surface area (Å²) in [6, 6.07) is 9.44. The Morgan fingerprint density at radius 3 is 2.26 bits per heavy atom. The molecule has 0 saturated carbocycles. The van der Waals surface area contributed by atoms with Crippen LogP contribution in [0.4, 0.5) is 0 Å². The van der Waals surface area contributed by atoms with Gasteiger partial charge in [-0.15, -0.1) is 0 Å². The van der Waals surface area contributed by atoms with E-state index in [-0.39, 0.29) is 11.8 Å². The molecule has 0 saturated heterocycles. The Hall–Kier alpha value is -3.26. The van der Waals surface area contributed by atoms with Crippen molar-refractivity contribution >= 4 is 11.8 Å². The van der Waals surface area contributed by atoms with Gasteiger partial charge in [0, 0.05) is 37.7 Å². The zero-order valence-electron chi connectivity index (χ0n) is 21.5. The Bertz CT molecular complexity index is 1010. The molecule has 35 heavy (non-hydrogen) atoms. The van der Waals surface area contributed by atoms with Gasteiger partial charge in [0.1, 0.15) is 23.9 Å². The molecule has 1 aliphatic rings. The number of rotatable bonds is 10. The average molecular weight is 484 g/mol. The molecule has 1 heterocycles. The predicted molar refractivity (Wildman–Crippen MR) is 136 cm³/mol. The zero-order chi connectivity index (χ0) is 25.4. The highest BCUT2D eigenvalue weighted by molar-refractivity contribution is 5.99. The minimum absolute atomic E-state index is 0.0557. The lowest BCUT2D eigenvalue weighted by atomic mass is 9.97. The van der Waals surface area contributed by atoms with Gasteiger partial charge in [0.05, 0.1) is 26.3 Å². The average Bonchev–Trinajstić information content (AvgIpc) is 3.12. The van der Waals surface area contributed by atoms with Crippen LogP contribution in [0.25, 0.3) is 11.1 Å². The van der Waals surface area contributed by atoms with E-state index in [2.05, 4.69) is 24.1 Å². The monoisotopic (exact) mass is 483 g/mol. The van der Waals surface area contributed by atoms with Gasteiger partial charge in [0.25, 0.3) is 5.91 Å². The predicted octanol–water partition coefficient (Wildman–Crippen LogP) is 3.57. The third-order valence-electron chi connectivity index (χ3n) is 6.33. The fourth-order valence-electron chi connectivity index (χ4n) is 4.23. The van der Waals surface area contributed by atoms with E-state index in [4.69, 9.17) is 14.2 Å². The maximum Gasteiger partial charge on any atom is 0.255 e. The lowest BCUT2D eigenvalue weighted by Crippen LogP contribution is -2.35. The Morgan fingerprint density at radius 1 is 1.00 bits per heavy atom. The van der Waals surface area contributed by atoms with Crippen LogP contribution in [-0.2, 0) is 11.3 Å². The van der Waals surface area contributed by atoms with Crippen LogP contribution >= 0.6 is 0 Å². The van der Waals surface area contributed by atoms with E-state index in [0.717, 1.165) is 36.3 Å². The van der Waals surface area contributed by atoms with Gasteiger partial charge < -0.3 is 29.3 Å². The maximum absolute atomic E-state index is 13.3. The second-order valence-corrected chi connectivity index (χ2v) is 8.41. The molecule has 1 N–H and O–H groups in total. The number of carbonyl (C=O) groups excluding carboxylic acids is 2. The van der Waals surface area contributed by atoms with Crippen molar-refractivity contribution in [3.63, 3.8) is 0 Å². The van der Waals surface area contributed by atoms with Crippen LogP contribution in [0.3, 0.4) is 0 Å². The number of amides is 2. The van der Waals surface area contributed by atoms with Gasteiger partial charge >= 0.3 is 0 Å². The molecule has 2 aromatic rings. The third kappa shape index (κ3) is 6.45. The molecule has 0 spiro atoms. The summed E-state index contributed by atoms with van der Waals surface area (Å²) in [7, 11) is 3.21. The van der Waals surface area contributed by atoms with Crippen LogP contribution in [-0.4, -0.2) is 75.2 Å². The summed E-state index contributed by atoms with van der Waals surface area (Å²) in [6.07, 6.45) is 0.417. The molecule has 2 aromatic carbocycles. The highest BCUT2D eigenvalue weighted by atomic mass is 16.5. The summed E-state index contributed by atoms with van der Waals surface area (Å²) >= 11 is 0. The molecule has 1 aliphatic heterocycles. The number of methoxy groups -OCH3 is 2. The number of fused-ring (bicyclic) bond motifs is 1. The Balaban J connectivity index is 2.03. The number of hydrogen-bond acceptors (Lipinski definition) is 6. The Labute approximate surface area is 208 Å². The molecule has 8 heteroatoms.